The summed E-state index contributed by atoms with van der Waals surface area (Å²) in [6.07, 6.45) is 1.78. The summed E-state index contributed by atoms with van der Waals surface area (Å²) in [7, 11) is 0. The number of rotatable bonds is 6. The van der Waals surface area contributed by atoms with Crippen LogP contribution in [0.25, 0.3) is 5.82 Å². The Hall–Kier alpha value is -2.80. The van der Waals surface area contributed by atoms with Gasteiger partial charge in [-0.15, -0.1) is 11.8 Å². The Kier molecular flexibility index (Phi) is 6.38. The quantitative estimate of drug-likeness (QED) is 0.610. The number of nitrogens with zero attached hydrogens (tertiary/aromatic N) is 5. The molecule has 0 unspecified atom stereocenters. The molecule has 1 aliphatic rings. The molecule has 2 aromatic heterocycles. The Morgan fingerprint density at radius 1 is 1.00 bits per heavy atom. The van der Waals surface area contributed by atoms with Crippen LogP contribution in [0.1, 0.15) is 17.0 Å². The Balaban J connectivity index is 1.33. The fourth-order valence-corrected chi connectivity index (χ4v) is 4.78. The van der Waals surface area contributed by atoms with Crippen LogP contribution in [0.15, 0.2) is 54.7 Å². The Labute approximate surface area is 181 Å². The van der Waals surface area contributed by atoms with Gasteiger partial charge in [-0.1, -0.05) is 36.4 Å². The lowest BCUT2D eigenvalue weighted by Crippen LogP contribution is -2.49. The van der Waals surface area contributed by atoms with Crippen LogP contribution in [0, 0.1) is 13.8 Å². The molecule has 6 nitrogen and oxygen atoms in total. The molecule has 3 aromatic rings. The summed E-state index contributed by atoms with van der Waals surface area (Å²) in [4.78, 5) is 21.4. The van der Waals surface area contributed by atoms with Crippen LogP contribution in [0.2, 0.25) is 0 Å². The van der Waals surface area contributed by atoms with Crippen LogP contribution in [-0.4, -0.2) is 57.5 Å². The molecule has 156 valence electrons. The number of aryl methyl sites for hydroxylation is 1. The molecule has 0 bridgehead atoms. The molecule has 0 saturated carbocycles. The van der Waals surface area contributed by atoms with Gasteiger partial charge in [-0.2, -0.15) is 5.10 Å². The van der Waals surface area contributed by atoms with E-state index in [1.54, 1.807) is 18.0 Å². The highest BCUT2D eigenvalue weighted by Crippen LogP contribution is 2.27. The van der Waals surface area contributed by atoms with Crippen molar-refractivity contribution in [3.8, 4) is 5.82 Å². The molecule has 30 heavy (non-hydrogen) atoms. The van der Waals surface area contributed by atoms with Crippen molar-refractivity contribution < 1.29 is 4.79 Å². The lowest BCUT2D eigenvalue weighted by Gasteiger charge is -2.36. The van der Waals surface area contributed by atoms with Crippen molar-refractivity contribution in [2.45, 2.75) is 19.6 Å². The van der Waals surface area contributed by atoms with E-state index in [-0.39, 0.29) is 5.91 Å². The molecule has 0 atom stereocenters. The molecule has 4 rings (SSSR count). The molecule has 0 spiro atoms. The molecule has 0 N–H and O–H groups in total. The zero-order valence-corrected chi connectivity index (χ0v) is 18.3. The topological polar surface area (TPSA) is 54.3 Å². The van der Waals surface area contributed by atoms with Crippen molar-refractivity contribution in [2.75, 3.05) is 36.8 Å². The van der Waals surface area contributed by atoms with Crippen LogP contribution in [-0.2, 0) is 10.5 Å². The molecular weight excluding hydrogens is 394 g/mol. The van der Waals surface area contributed by atoms with E-state index in [4.69, 9.17) is 5.10 Å². The molecule has 1 aliphatic heterocycles. The first kappa shape index (κ1) is 20.5. The second-order valence-corrected chi connectivity index (χ2v) is 8.45. The lowest BCUT2D eigenvalue weighted by atomic mass is 10.2. The van der Waals surface area contributed by atoms with E-state index in [2.05, 4.69) is 28.9 Å². The van der Waals surface area contributed by atoms with Gasteiger partial charge in [0.1, 0.15) is 0 Å². The van der Waals surface area contributed by atoms with Crippen molar-refractivity contribution in [3.63, 3.8) is 0 Å². The highest BCUT2D eigenvalue weighted by atomic mass is 32.2. The predicted molar refractivity (Wildman–Crippen MR) is 122 cm³/mol. The number of piperazine rings is 1. The molecule has 7 heteroatoms. The van der Waals surface area contributed by atoms with Crippen LogP contribution in [0.5, 0.6) is 0 Å². The molecular formula is C23H27N5OS. The smallest absolute Gasteiger partial charge is 0.232 e. The SMILES string of the molecule is Cc1nn(-c2ccccn2)c(C)c1N1CCN(C(=O)CSCc2ccccc2)CC1. The Morgan fingerprint density at radius 3 is 2.43 bits per heavy atom. The van der Waals surface area contributed by atoms with Crippen molar-refractivity contribution in [3.05, 3.63) is 71.7 Å². The number of anilines is 1. The fraction of sp³-hybridized carbons (Fsp3) is 0.348. The molecule has 1 saturated heterocycles. The maximum atomic E-state index is 12.6. The summed E-state index contributed by atoms with van der Waals surface area (Å²) >= 11 is 1.69. The van der Waals surface area contributed by atoms with Gasteiger partial charge in [0.05, 0.1) is 22.8 Å². The molecule has 3 heterocycles. The minimum atomic E-state index is 0.230. The summed E-state index contributed by atoms with van der Waals surface area (Å²) in [5.74, 6) is 2.46. The number of carbonyl (C=O) groups is 1. The number of pyridine rings is 1. The van der Waals surface area contributed by atoms with E-state index in [0.29, 0.717) is 5.75 Å². The van der Waals surface area contributed by atoms with Gasteiger partial charge in [0.2, 0.25) is 5.91 Å². The number of thioether (sulfide) groups is 1. The van der Waals surface area contributed by atoms with Crippen LogP contribution >= 0.6 is 11.8 Å². The Morgan fingerprint density at radius 2 is 1.73 bits per heavy atom. The number of amides is 1. The van der Waals surface area contributed by atoms with Crippen molar-refractivity contribution >= 4 is 23.4 Å². The summed E-state index contributed by atoms with van der Waals surface area (Å²) < 4.78 is 1.91. The van der Waals surface area contributed by atoms with Gasteiger partial charge in [0.25, 0.3) is 0 Å². The molecule has 1 aromatic carbocycles. The van der Waals surface area contributed by atoms with Gasteiger partial charge in [-0.25, -0.2) is 9.67 Å². The van der Waals surface area contributed by atoms with Gasteiger partial charge >= 0.3 is 0 Å². The second-order valence-electron chi connectivity index (χ2n) is 7.47. The standard InChI is InChI=1S/C23H27N5OS/c1-18-23(19(2)28(25-18)21-10-6-7-11-24-21)27-14-12-26(13-15-27)22(29)17-30-16-20-8-4-3-5-9-20/h3-11H,12-17H2,1-2H3. The molecule has 1 fully saturated rings. The van der Waals surface area contributed by atoms with Crippen LogP contribution < -0.4 is 4.90 Å². The van der Waals surface area contributed by atoms with Gasteiger partial charge in [0, 0.05) is 38.1 Å². The third-order valence-corrected chi connectivity index (χ3v) is 6.39. The van der Waals surface area contributed by atoms with E-state index in [1.807, 2.05) is 52.9 Å². The van der Waals surface area contributed by atoms with E-state index in [9.17, 15) is 4.79 Å². The number of aromatic nitrogens is 3. The second kappa shape index (κ2) is 9.34. The van der Waals surface area contributed by atoms with E-state index >= 15 is 0 Å². The van der Waals surface area contributed by atoms with Gasteiger partial charge in [-0.05, 0) is 31.5 Å². The van der Waals surface area contributed by atoms with Crippen molar-refractivity contribution in [2.24, 2.45) is 0 Å². The maximum absolute atomic E-state index is 12.6. The highest BCUT2D eigenvalue weighted by Gasteiger charge is 2.25. The summed E-state index contributed by atoms with van der Waals surface area (Å²) in [5, 5.41) is 4.71. The number of hydrogen-bond acceptors (Lipinski definition) is 5. The van der Waals surface area contributed by atoms with Crippen molar-refractivity contribution in [1.82, 2.24) is 19.7 Å². The average molecular weight is 422 g/mol. The molecule has 1 amide bonds. The largest absolute Gasteiger partial charge is 0.365 e. The maximum Gasteiger partial charge on any atom is 0.232 e. The highest BCUT2D eigenvalue weighted by molar-refractivity contribution is 7.99. The minimum Gasteiger partial charge on any atom is -0.365 e. The zero-order chi connectivity index (χ0) is 20.9. The first-order chi connectivity index (χ1) is 14.6. The monoisotopic (exact) mass is 421 g/mol. The number of hydrogen-bond donors (Lipinski definition) is 0. The zero-order valence-electron chi connectivity index (χ0n) is 17.5. The summed E-state index contributed by atoms with van der Waals surface area (Å²) in [6.45, 7) is 7.27. The normalized spacial score (nSPS) is 14.2. The van der Waals surface area contributed by atoms with Gasteiger partial charge < -0.3 is 9.80 Å². The summed E-state index contributed by atoms with van der Waals surface area (Å²) in [6, 6.07) is 16.1. The summed E-state index contributed by atoms with van der Waals surface area (Å²) in [5.41, 5.74) is 4.50. The number of carbonyl (C=O) groups excluding carboxylic acids is 1. The minimum absolute atomic E-state index is 0.230. The molecule has 0 radical (unpaired) electrons. The average Bonchev–Trinajstić information content (AvgIpc) is 3.09. The van der Waals surface area contributed by atoms with E-state index < -0.39 is 0 Å². The fourth-order valence-electron chi connectivity index (χ4n) is 3.90. The predicted octanol–water partition coefficient (Wildman–Crippen LogP) is 3.47. The first-order valence-corrected chi connectivity index (χ1v) is 11.4. The lowest BCUT2D eigenvalue weighted by molar-refractivity contribution is -0.128. The third-order valence-electron chi connectivity index (χ3n) is 5.41. The first-order valence-electron chi connectivity index (χ1n) is 10.3. The van der Waals surface area contributed by atoms with Crippen molar-refractivity contribution in [1.29, 1.82) is 0 Å². The number of benzene rings is 1. The van der Waals surface area contributed by atoms with Gasteiger partial charge in [-0.3, -0.25) is 4.79 Å². The van der Waals surface area contributed by atoms with Crippen LogP contribution in [0.3, 0.4) is 0 Å². The molecule has 0 aliphatic carbocycles. The van der Waals surface area contributed by atoms with Crippen LogP contribution in [0.4, 0.5) is 5.69 Å². The van der Waals surface area contributed by atoms with E-state index in [1.165, 1.54) is 5.56 Å². The van der Waals surface area contributed by atoms with Gasteiger partial charge in [0.15, 0.2) is 5.82 Å². The Bertz CT molecular complexity index is 982. The van der Waals surface area contributed by atoms with E-state index in [0.717, 1.165) is 54.8 Å². The third kappa shape index (κ3) is 4.51.